The molecule has 0 aliphatic heterocycles. The van der Waals surface area contributed by atoms with E-state index in [-0.39, 0.29) is 9.92 Å². The molecule has 2 rings (SSSR count). The summed E-state index contributed by atoms with van der Waals surface area (Å²) in [6, 6.07) is 2.65. The third-order valence-corrected chi connectivity index (χ3v) is 4.90. The highest BCUT2D eigenvalue weighted by Crippen LogP contribution is 2.27. The fraction of sp³-hybridized carbons (Fsp3) is 0.714. The van der Waals surface area contributed by atoms with E-state index in [1.807, 2.05) is 5.38 Å². The topological polar surface area (TPSA) is 72.4 Å². The molecule has 5 nitrogen and oxygen atoms in total. The Hall–Kier alpha value is -0.980. The average Bonchev–Trinajstić information content (AvgIpc) is 2.88. The number of rotatable bonds is 6. The van der Waals surface area contributed by atoms with E-state index in [4.69, 9.17) is 5.73 Å². The Morgan fingerprint density at radius 2 is 2.15 bits per heavy atom. The van der Waals surface area contributed by atoms with Gasteiger partial charge in [-0.2, -0.15) is 0 Å². The van der Waals surface area contributed by atoms with E-state index in [1.54, 1.807) is 6.07 Å². The quantitative estimate of drug-likeness (QED) is 0.646. The summed E-state index contributed by atoms with van der Waals surface area (Å²) in [5.41, 5.74) is 7.03. The smallest absolute Gasteiger partial charge is 0.324 e. The first-order chi connectivity index (χ1) is 9.60. The van der Waals surface area contributed by atoms with Gasteiger partial charge < -0.3 is 5.73 Å². The summed E-state index contributed by atoms with van der Waals surface area (Å²) in [5.74, 6) is 0. The molecule has 0 bridgehead atoms. The molecule has 1 aliphatic carbocycles. The van der Waals surface area contributed by atoms with Gasteiger partial charge in [-0.15, -0.1) is 0 Å². The van der Waals surface area contributed by atoms with Gasteiger partial charge in [-0.25, -0.2) is 0 Å². The molecule has 0 spiro atoms. The summed E-state index contributed by atoms with van der Waals surface area (Å²) in [5, 5.41) is 12.9. The first-order valence-corrected chi connectivity index (χ1v) is 8.19. The summed E-state index contributed by atoms with van der Waals surface area (Å²) in [7, 11) is 0. The maximum Gasteiger partial charge on any atom is 0.324 e. The van der Waals surface area contributed by atoms with E-state index >= 15 is 0 Å². The molecule has 0 unspecified atom stereocenters. The predicted molar refractivity (Wildman–Crippen MR) is 81.9 cm³/mol. The number of hydrogen-bond acceptors (Lipinski definition) is 5. The third-order valence-electron chi connectivity index (χ3n) is 3.97. The number of thiophene rings is 1. The standard InChI is InChI=1S/C14H23N3O2S/c1-2-7-16(13-5-3-12(15)4-6-13)9-11-8-14(17(18)19)20-10-11/h8,10,12-13H,2-7,9,15H2,1H3. The average molecular weight is 297 g/mol. The van der Waals surface area contributed by atoms with Crippen LogP contribution in [0.3, 0.4) is 0 Å². The molecule has 0 radical (unpaired) electrons. The summed E-state index contributed by atoms with van der Waals surface area (Å²) in [6.07, 6.45) is 5.58. The SMILES string of the molecule is CCCN(Cc1csc([N+](=O)[O-])c1)C1CCC(N)CC1. The second-order valence-corrected chi connectivity index (χ2v) is 6.48. The van der Waals surface area contributed by atoms with Gasteiger partial charge in [0.2, 0.25) is 0 Å². The van der Waals surface area contributed by atoms with Gasteiger partial charge in [0, 0.05) is 30.1 Å². The Labute approximate surface area is 123 Å². The lowest BCUT2D eigenvalue weighted by atomic mass is 9.90. The molecule has 0 amide bonds. The Morgan fingerprint density at radius 3 is 2.70 bits per heavy atom. The molecule has 1 aliphatic rings. The van der Waals surface area contributed by atoms with Crippen LogP contribution in [-0.2, 0) is 6.54 Å². The van der Waals surface area contributed by atoms with Crippen molar-refractivity contribution in [3.63, 3.8) is 0 Å². The molecule has 2 N–H and O–H groups in total. The summed E-state index contributed by atoms with van der Waals surface area (Å²) >= 11 is 1.22. The third kappa shape index (κ3) is 4.01. The number of nitro groups is 1. The Morgan fingerprint density at radius 1 is 1.45 bits per heavy atom. The second kappa shape index (κ2) is 7.15. The van der Waals surface area contributed by atoms with Crippen molar-refractivity contribution in [3.8, 4) is 0 Å². The van der Waals surface area contributed by atoms with Gasteiger partial charge in [-0.1, -0.05) is 18.3 Å². The van der Waals surface area contributed by atoms with Crippen molar-refractivity contribution < 1.29 is 4.92 Å². The van der Waals surface area contributed by atoms with Crippen molar-refractivity contribution in [1.29, 1.82) is 0 Å². The molecule has 6 heteroatoms. The van der Waals surface area contributed by atoms with E-state index in [1.165, 1.54) is 11.3 Å². The van der Waals surface area contributed by atoms with Crippen molar-refractivity contribution in [2.75, 3.05) is 6.54 Å². The first kappa shape index (κ1) is 15.4. The fourth-order valence-corrected chi connectivity index (χ4v) is 3.64. The molecular weight excluding hydrogens is 274 g/mol. The number of hydrogen-bond donors (Lipinski definition) is 1. The molecule has 0 aromatic carbocycles. The van der Waals surface area contributed by atoms with Gasteiger partial charge in [-0.05, 0) is 44.2 Å². The Bertz CT molecular complexity index is 441. The zero-order valence-electron chi connectivity index (χ0n) is 12.0. The molecular formula is C14H23N3O2S. The maximum atomic E-state index is 10.8. The predicted octanol–water partition coefficient (Wildman–Crippen LogP) is 3.14. The summed E-state index contributed by atoms with van der Waals surface area (Å²) in [4.78, 5) is 12.9. The van der Waals surface area contributed by atoms with Crippen molar-refractivity contribution in [1.82, 2.24) is 4.90 Å². The van der Waals surface area contributed by atoms with Crippen LogP contribution < -0.4 is 5.73 Å². The van der Waals surface area contributed by atoms with Gasteiger partial charge in [0.25, 0.3) is 0 Å². The molecule has 1 aromatic heterocycles. The molecule has 20 heavy (non-hydrogen) atoms. The molecule has 1 heterocycles. The lowest BCUT2D eigenvalue weighted by Gasteiger charge is -2.35. The minimum absolute atomic E-state index is 0.238. The van der Waals surface area contributed by atoms with Crippen LogP contribution in [0, 0.1) is 10.1 Å². The van der Waals surface area contributed by atoms with Gasteiger partial charge in [-0.3, -0.25) is 15.0 Å². The lowest BCUT2D eigenvalue weighted by Crippen LogP contribution is -2.40. The highest BCUT2D eigenvalue weighted by molar-refractivity contribution is 7.13. The molecule has 112 valence electrons. The van der Waals surface area contributed by atoms with Crippen LogP contribution in [0.5, 0.6) is 0 Å². The van der Waals surface area contributed by atoms with Gasteiger partial charge in [0.15, 0.2) is 0 Å². The van der Waals surface area contributed by atoms with Gasteiger partial charge in [0.1, 0.15) is 0 Å². The van der Waals surface area contributed by atoms with Crippen molar-refractivity contribution in [2.45, 2.75) is 57.7 Å². The van der Waals surface area contributed by atoms with Crippen LogP contribution in [-0.4, -0.2) is 28.5 Å². The summed E-state index contributed by atoms with van der Waals surface area (Å²) in [6.45, 7) is 4.04. The van der Waals surface area contributed by atoms with Crippen molar-refractivity contribution >= 4 is 16.3 Å². The zero-order chi connectivity index (χ0) is 14.5. The lowest BCUT2D eigenvalue weighted by molar-refractivity contribution is -0.380. The van der Waals surface area contributed by atoms with E-state index in [2.05, 4.69) is 11.8 Å². The Balaban J connectivity index is 1.99. The van der Waals surface area contributed by atoms with E-state index in [0.29, 0.717) is 12.1 Å². The first-order valence-electron chi connectivity index (χ1n) is 7.31. The molecule has 1 aromatic rings. The van der Waals surface area contributed by atoms with E-state index < -0.39 is 0 Å². The monoisotopic (exact) mass is 297 g/mol. The zero-order valence-corrected chi connectivity index (χ0v) is 12.8. The molecule has 0 atom stereocenters. The minimum atomic E-state index is -0.308. The largest absolute Gasteiger partial charge is 0.328 e. The number of nitrogens with two attached hydrogens (primary N) is 1. The highest BCUT2D eigenvalue weighted by atomic mass is 32.1. The van der Waals surface area contributed by atoms with Crippen LogP contribution in [0.4, 0.5) is 5.00 Å². The van der Waals surface area contributed by atoms with Crippen molar-refractivity contribution in [2.24, 2.45) is 5.73 Å². The molecule has 0 saturated heterocycles. The highest BCUT2D eigenvalue weighted by Gasteiger charge is 2.24. The van der Waals surface area contributed by atoms with Gasteiger partial charge in [0.05, 0.1) is 4.92 Å². The number of nitrogens with zero attached hydrogens (tertiary/aromatic N) is 2. The van der Waals surface area contributed by atoms with Crippen LogP contribution in [0.15, 0.2) is 11.4 Å². The van der Waals surface area contributed by atoms with E-state index in [0.717, 1.165) is 50.8 Å². The van der Waals surface area contributed by atoms with Gasteiger partial charge >= 0.3 is 5.00 Å². The minimum Gasteiger partial charge on any atom is -0.328 e. The second-order valence-electron chi connectivity index (χ2n) is 5.59. The van der Waals surface area contributed by atoms with Crippen LogP contribution in [0.1, 0.15) is 44.6 Å². The Kier molecular flexibility index (Phi) is 5.51. The normalized spacial score (nSPS) is 23.1. The van der Waals surface area contributed by atoms with Crippen molar-refractivity contribution in [3.05, 3.63) is 27.1 Å². The molecule has 1 fully saturated rings. The fourth-order valence-electron chi connectivity index (χ4n) is 2.92. The summed E-state index contributed by atoms with van der Waals surface area (Å²) < 4.78 is 0. The van der Waals surface area contributed by atoms with Crippen LogP contribution in [0.25, 0.3) is 0 Å². The van der Waals surface area contributed by atoms with Crippen LogP contribution >= 0.6 is 11.3 Å². The van der Waals surface area contributed by atoms with Crippen LogP contribution in [0.2, 0.25) is 0 Å². The maximum absolute atomic E-state index is 10.8. The molecule has 1 saturated carbocycles. The van der Waals surface area contributed by atoms with E-state index in [9.17, 15) is 10.1 Å².